The molecule has 0 aromatic heterocycles. The number of hydrogen-bond acceptors (Lipinski definition) is 4. The maximum absolute atomic E-state index is 12.7. The van der Waals surface area contributed by atoms with Crippen molar-refractivity contribution in [2.75, 3.05) is 6.61 Å². The molecule has 0 aliphatic heterocycles. The minimum atomic E-state index is -0.447. The first-order valence-corrected chi connectivity index (χ1v) is 15.9. The van der Waals surface area contributed by atoms with Crippen LogP contribution in [0.4, 0.5) is 0 Å². The molecule has 1 aromatic rings. The molecule has 0 aliphatic carbocycles. The zero-order chi connectivity index (χ0) is 27.8. The van der Waals surface area contributed by atoms with Gasteiger partial charge in [0.1, 0.15) is 0 Å². The van der Waals surface area contributed by atoms with Crippen LogP contribution < -0.4 is 0 Å². The van der Waals surface area contributed by atoms with E-state index in [0.29, 0.717) is 23.7 Å². The van der Waals surface area contributed by atoms with Crippen LogP contribution in [0.25, 0.3) is 0 Å². The van der Waals surface area contributed by atoms with Crippen molar-refractivity contribution in [1.29, 1.82) is 0 Å². The highest BCUT2D eigenvalue weighted by Gasteiger charge is 2.20. The summed E-state index contributed by atoms with van der Waals surface area (Å²) in [4.78, 5) is 25.3. The Morgan fingerprint density at radius 1 is 0.605 bits per heavy atom. The van der Waals surface area contributed by atoms with Crippen molar-refractivity contribution >= 4 is 11.9 Å². The first kappa shape index (κ1) is 34.2. The third kappa shape index (κ3) is 17.6. The average Bonchev–Trinajstić information content (AvgIpc) is 2.90. The van der Waals surface area contributed by atoms with Crippen LogP contribution in [0.2, 0.25) is 0 Å². The van der Waals surface area contributed by atoms with Crippen molar-refractivity contribution in [2.45, 2.75) is 156 Å². The van der Waals surface area contributed by atoms with Gasteiger partial charge in [0, 0.05) is 0 Å². The van der Waals surface area contributed by atoms with Crippen molar-refractivity contribution in [1.82, 2.24) is 0 Å². The quantitative estimate of drug-likeness (QED) is 0.0985. The molecule has 0 fully saturated rings. The van der Waals surface area contributed by atoms with Crippen LogP contribution in [0, 0.1) is 5.92 Å². The Kier molecular flexibility index (Phi) is 20.8. The number of hydrogen-bond donors (Lipinski definition) is 0. The summed E-state index contributed by atoms with van der Waals surface area (Å²) in [7, 11) is 0. The molecule has 0 amide bonds. The van der Waals surface area contributed by atoms with Gasteiger partial charge in [-0.2, -0.15) is 0 Å². The Morgan fingerprint density at radius 2 is 1.05 bits per heavy atom. The lowest BCUT2D eigenvalue weighted by Crippen LogP contribution is -2.19. The number of esters is 2. The molecule has 4 nitrogen and oxygen atoms in total. The summed E-state index contributed by atoms with van der Waals surface area (Å²) < 4.78 is 11.1. The van der Waals surface area contributed by atoms with Gasteiger partial charge in [0.2, 0.25) is 0 Å². The van der Waals surface area contributed by atoms with Gasteiger partial charge in [0.15, 0.2) is 0 Å². The van der Waals surface area contributed by atoms with E-state index in [4.69, 9.17) is 9.47 Å². The van der Waals surface area contributed by atoms with Gasteiger partial charge in [-0.15, -0.1) is 0 Å². The summed E-state index contributed by atoms with van der Waals surface area (Å²) >= 11 is 0. The molecule has 0 saturated carbocycles. The second-order valence-corrected chi connectivity index (χ2v) is 11.5. The second-order valence-electron chi connectivity index (χ2n) is 11.5. The molecular weight excluding hydrogens is 472 g/mol. The van der Waals surface area contributed by atoms with E-state index < -0.39 is 11.9 Å². The molecule has 0 heterocycles. The summed E-state index contributed by atoms with van der Waals surface area (Å²) in [6, 6.07) is 6.81. The van der Waals surface area contributed by atoms with Gasteiger partial charge in [-0.3, -0.25) is 0 Å². The smallest absolute Gasteiger partial charge is 0.339 e. The van der Waals surface area contributed by atoms with Gasteiger partial charge in [-0.05, 0) is 44.2 Å². The van der Waals surface area contributed by atoms with Gasteiger partial charge in [-0.25, -0.2) is 9.59 Å². The Labute approximate surface area is 234 Å². The molecule has 0 bridgehead atoms. The maximum Gasteiger partial charge on any atom is 0.339 e. The summed E-state index contributed by atoms with van der Waals surface area (Å²) in [6.07, 6.45) is 23.8. The van der Waals surface area contributed by atoms with Crippen LogP contribution in [0.1, 0.15) is 170 Å². The monoisotopic (exact) mass is 530 g/mol. The first-order valence-electron chi connectivity index (χ1n) is 15.9. The predicted molar refractivity (Wildman–Crippen MR) is 160 cm³/mol. The lowest BCUT2D eigenvalue weighted by molar-refractivity contribution is 0.0306. The van der Waals surface area contributed by atoms with E-state index in [0.717, 1.165) is 32.1 Å². The van der Waals surface area contributed by atoms with Crippen molar-refractivity contribution in [3.63, 3.8) is 0 Å². The molecule has 1 rings (SSSR count). The van der Waals surface area contributed by atoms with E-state index >= 15 is 0 Å². The largest absolute Gasteiger partial charge is 0.462 e. The van der Waals surface area contributed by atoms with Gasteiger partial charge < -0.3 is 9.47 Å². The fourth-order valence-electron chi connectivity index (χ4n) is 4.85. The first-order chi connectivity index (χ1) is 18.5. The zero-order valence-corrected chi connectivity index (χ0v) is 25.2. The lowest BCUT2D eigenvalue weighted by Gasteiger charge is -2.15. The molecule has 38 heavy (non-hydrogen) atoms. The van der Waals surface area contributed by atoms with Crippen LogP contribution in [0.15, 0.2) is 24.3 Å². The summed E-state index contributed by atoms with van der Waals surface area (Å²) in [5.74, 6) is -0.245. The molecular formula is C34H58O4. The summed E-state index contributed by atoms with van der Waals surface area (Å²) in [6.45, 7) is 8.97. The van der Waals surface area contributed by atoms with E-state index in [1.54, 1.807) is 24.3 Å². The summed E-state index contributed by atoms with van der Waals surface area (Å²) in [5, 5.41) is 0. The number of unbranched alkanes of at least 4 members (excludes halogenated alkanes) is 15. The van der Waals surface area contributed by atoms with Crippen molar-refractivity contribution in [3.8, 4) is 0 Å². The highest BCUT2D eigenvalue weighted by molar-refractivity contribution is 6.03. The van der Waals surface area contributed by atoms with Gasteiger partial charge in [-0.1, -0.05) is 136 Å². The Bertz CT molecular complexity index is 727. The van der Waals surface area contributed by atoms with Crippen LogP contribution in [-0.2, 0) is 9.47 Å². The van der Waals surface area contributed by atoms with Gasteiger partial charge >= 0.3 is 11.9 Å². The fourth-order valence-corrected chi connectivity index (χ4v) is 4.85. The molecule has 0 aliphatic rings. The predicted octanol–water partition coefficient (Wildman–Crippen LogP) is 10.5. The number of benzene rings is 1. The minimum Gasteiger partial charge on any atom is -0.462 e. The van der Waals surface area contributed by atoms with E-state index in [9.17, 15) is 9.59 Å². The standard InChI is InChI=1S/C34H58O4/c1-5-6-7-8-9-10-11-12-13-14-15-16-17-18-19-22-28-37-33(35)31-26-20-21-27-32(31)34(36)38-30(4)25-23-24-29(2)3/h20-21,26-27,29-30H,5-19,22-25,28H2,1-4H3. The fraction of sp³-hybridized carbons (Fsp3) is 0.765. The molecule has 0 spiro atoms. The van der Waals surface area contributed by atoms with Crippen molar-refractivity contribution in [2.24, 2.45) is 5.92 Å². The molecule has 1 unspecified atom stereocenters. The molecule has 4 heteroatoms. The van der Waals surface area contributed by atoms with Crippen LogP contribution in [0.3, 0.4) is 0 Å². The van der Waals surface area contributed by atoms with E-state index in [-0.39, 0.29) is 6.10 Å². The van der Waals surface area contributed by atoms with Gasteiger partial charge in [0.05, 0.1) is 23.8 Å². The molecule has 218 valence electrons. The molecule has 0 N–H and O–H groups in total. The number of ether oxygens (including phenoxy) is 2. The third-order valence-electron chi connectivity index (χ3n) is 7.30. The van der Waals surface area contributed by atoms with E-state index in [1.165, 1.54) is 89.9 Å². The van der Waals surface area contributed by atoms with Crippen LogP contribution in [-0.4, -0.2) is 24.6 Å². The van der Waals surface area contributed by atoms with Gasteiger partial charge in [0.25, 0.3) is 0 Å². The maximum atomic E-state index is 12.7. The zero-order valence-electron chi connectivity index (χ0n) is 25.2. The number of carbonyl (C=O) groups excluding carboxylic acids is 2. The SMILES string of the molecule is CCCCCCCCCCCCCCCCCCOC(=O)c1ccccc1C(=O)OC(C)CCCC(C)C. The van der Waals surface area contributed by atoms with Crippen LogP contribution >= 0.6 is 0 Å². The second kappa shape index (κ2) is 23.1. The molecule has 1 atom stereocenters. The van der Waals surface area contributed by atoms with Crippen LogP contribution in [0.5, 0.6) is 0 Å². The summed E-state index contributed by atoms with van der Waals surface area (Å²) in [5.41, 5.74) is 0.587. The van der Waals surface area contributed by atoms with Crippen molar-refractivity contribution in [3.05, 3.63) is 35.4 Å². The minimum absolute atomic E-state index is 0.171. The topological polar surface area (TPSA) is 52.6 Å². The van der Waals surface area contributed by atoms with Crippen molar-refractivity contribution < 1.29 is 19.1 Å². The van der Waals surface area contributed by atoms with E-state index in [1.807, 2.05) is 6.92 Å². The Hall–Kier alpha value is -1.84. The molecule has 0 radical (unpaired) electrons. The highest BCUT2D eigenvalue weighted by Crippen LogP contribution is 2.17. The molecule has 1 aromatic carbocycles. The highest BCUT2D eigenvalue weighted by atomic mass is 16.5. The number of carbonyl (C=O) groups is 2. The van der Waals surface area contributed by atoms with E-state index in [2.05, 4.69) is 20.8 Å². The number of rotatable bonds is 24. The third-order valence-corrected chi connectivity index (χ3v) is 7.30. The average molecular weight is 531 g/mol. The normalized spacial score (nSPS) is 12.0. The molecule has 0 saturated heterocycles. The Balaban J connectivity index is 2.11. The Morgan fingerprint density at radius 3 is 1.53 bits per heavy atom. The lowest BCUT2D eigenvalue weighted by atomic mass is 10.0.